The van der Waals surface area contributed by atoms with Gasteiger partial charge in [0.05, 0.1) is 0 Å². The van der Waals surface area contributed by atoms with Gasteiger partial charge in [-0.15, -0.1) is 0 Å². The third kappa shape index (κ3) is 2.57. The van der Waals surface area contributed by atoms with Crippen LogP contribution in [0.15, 0.2) is 4.79 Å². The van der Waals surface area contributed by atoms with E-state index in [1.165, 1.54) is 0 Å². The second kappa shape index (κ2) is 4.89. The van der Waals surface area contributed by atoms with Gasteiger partial charge in [-0.3, -0.25) is 14.6 Å². The van der Waals surface area contributed by atoms with Crippen LogP contribution in [0.5, 0.6) is 0 Å². The van der Waals surface area contributed by atoms with E-state index in [-0.39, 0.29) is 11.0 Å². The van der Waals surface area contributed by atoms with Gasteiger partial charge >= 0.3 is 0 Å². The zero-order valence-corrected chi connectivity index (χ0v) is 11.2. The molecule has 3 heteroatoms. The van der Waals surface area contributed by atoms with E-state index >= 15 is 0 Å². The van der Waals surface area contributed by atoms with E-state index in [4.69, 9.17) is 0 Å². The molecule has 1 heterocycles. The summed E-state index contributed by atoms with van der Waals surface area (Å²) in [6, 6.07) is 0. The van der Waals surface area contributed by atoms with Crippen molar-refractivity contribution < 1.29 is 0 Å². The van der Waals surface area contributed by atoms with Crippen LogP contribution in [-0.2, 0) is 18.4 Å². The summed E-state index contributed by atoms with van der Waals surface area (Å²) in [5.41, 5.74) is 2.17. The van der Waals surface area contributed by atoms with Crippen LogP contribution in [0.3, 0.4) is 0 Å². The van der Waals surface area contributed by atoms with E-state index in [1.54, 1.807) is 4.68 Å². The molecule has 0 atom stereocenters. The Kier molecular flexibility index (Phi) is 4.00. The highest BCUT2D eigenvalue weighted by Crippen LogP contribution is 2.22. The summed E-state index contributed by atoms with van der Waals surface area (Å²) >= 11 is 0. The van der Waals surface area contributed by atoms with Crippen LogP contribution < -0.4 is 5.56 Å². The number of nitrogens with one attached hydrogen (secondary N) is 1. The van der Waals surface area contributed by atoms with E-state index in [0.29, 0.717) is 0 Å². The molecule has 0 aliphatic carbocycles. The first kappa shape index (κ1) is 13.1. The summed E-state index contributed by atoms with van der Waals surface area (Å²) < 4.78 is 1.76. The molecule has 1 N–H and O–H groups in total. The summed E-state index contributed by atoms with van der Waals surface area (Å²) in [5, 5.41) is 3.26. The van der Waals surface area contributed by atoms with E-state index in [1.807, 2.05) is 0 Å². The lowest BCUT2D eigenvalue weighted by molar-refractivity contribution is 0.561. The van der Waals surface area contributed by atoms with Crippen LogP contribution in [0.4, 0.5) is 0 Å². The lowest BCUT2D eigenvalue weighted by atomic mass is 9.86. The van der Waals surface area contributed by atoms with Crippen LogP contribution >= 0.6 is 0 Å². The Labute approximate surface area is 97.8 Å². The van der Waals surface area contributed by atoms with Crippen molar-refractivity contribution in [1.29, 1.82) is 0 Å². The highest BCUT2D eigenvalue weighted by atomic mass is 16.1. The molecule has 0 aliphatic heterocycles. The molecule has 0 radical (unpaired) electrons. The Morgan fingerprint density at radius 1 is 1.19 bits per heavy atom. The molecule has 1 aromatic heterocycles. The average molecular weight is 224 g/mol. The predicted octanol–water partition coefficient (Wildman–Crippen LogP) is 2.84. The fourth-order valence-corrected chi connectivity index (χ4v) is 2.12. The van der Waals surface area contributed by atoms with Gasteiger partial charge in [0.25, 0.3) is 5.56 Å². The molecule has 1 rings (SSSR count). The minimum absolute atomic E-state index is 0.0723. The van der Waals surface area contributed by atoms with Crippen LogP contribution in [0.2, 0.25) is 0 Å². The topological polar surface area (TPSA) is 37.8 Å². The Bertz CT molecular complexity index is 393. The van der Waals surface area contributed by atoms with Crippen LogP contribution in [0.25, 0.3) is 0 Å². The first-order valence-electron chi connectivity index (χ1n) is 6.24. The molecule has 0 amide bonds. The predicted molar refractivity (Wildman–Crippen MR) is 68.0 cm³/mol. The molecule has 0 unspecified atom stereocenters. The quantitative estimate of drug-likeness (QED) is 0.839. The summed E-state index contributed by atoms with van der Waals surface area (Å²) in [7, 11) is 0. The fraction of sp³-hybridized carbons (Fsp3) is 0.769. The van der Waals surface area contributed by atoms with Crippen LogP contribution in [0, 0.1) is 0 Å². The van der Waals surface area contributed by atoms with Gasteiger partial charge in [-0.2, -0.15) is 0 Å². The van der Waals surface area contributed by atoms with Gasteiger partial charge in [0.15, 0.2) is 0 Å². The lowest BCUT2D eigenvalue weighted by Crippen LogP contribution is -2.26. The molecule has 1 aromatic rings. The smallest absolute Gasteiger partial charge is 0.270 e. The molecule has 92 valence electrons. The molecule has 0 aromatic carbocycles. The maximum Gasteiger partial charge on any atom is 0.270 e. The fourth-order valence-electron chi connectivity index (χ4n) is 2.12. The van der Waals surface area contributed by atoms with Crippen molar-refractivity contribution in [3.05, 3.63) is 21.6 Å². The van der Waals surface area contributed by atoms with Gasteiger partial charge in [-0.1, -0.05) is 41.0 Å². The zero-order chi connectivity index (χ0) is 12.3. The monoisotopic (exact) mass is 224 g/mol. The van der Waals surface area contributed by atoms with Crippen molar-refractivity contribution in [2.75, 3.05) is 0 Å². The number of aryl methyl sites for hydroxylation is 2. The van der Waals surface area contributed by atoms with Gasteiger partial charge in [-0.25, -0.2) is 0 Å². The first-order valence-corrected chi connectivity index (χ1v) is 6.24. The molecule has 0 saturated carbocycles. The SMILES string of the molecule is CCCc1[nH]n(CCC)c(=O)c1C(C)(C)C. The van der Waals surface area contributed by atoms with Gasteiger partial charge < -0.3 is 0 Å². The molecular weight excluding hydrogens is 200 g/mol. The minimum atomic E-state index is -0.0723. The largest absolute Gasteiger partial charge is 0.299 e. The number of nitrogens with zero attached hydrogens (tertiary/aromatic N) is 1. The third-order valence-electron chi connectivity index (χ3n) is 2.73. The van der Waals surface area contributed by atoms with E-state index in [9.17, 15) is 4.79 Å². The Balaban J connectivity index is 3.26. The molecule has 0 saturated heterocycles. The third-order valence-corrected chi connectivity index (χ3v) is 2.73. The summed E-state index contributed by atoms with van der Waals surface area (Å²) in [6.07, 6.45) is 3.00. The molecule has 0 spiro atoms. The lowest BCUT2D eigenvalue weighted by Gasteiger charge is -2.17. The maximum absolute atomic E-state index is 12.2. The van der Waals surface area contributed by atoms with Crippen LogP contribution in [-0.4, -0.2) is 9.78 Å². The standard InChI is InChI=1S/C13H24N2O/c1-6-8-10-11(13(3,4)5)12(16)15(14-10)9-7-2/h14H,6-9H2,1-5H3. The summed E-state index contributed by atoms with van der Waals surface area (Å²) in [6.45, 7) is 11.3. The van der Waals surface area contributed by atoms with Crippen molar-refractivity contribution in [3.8, 4) is 0 Å². The zero-order valence-electron chi connectivity index (χ0n) is 11.2. The molecule has 0 aliphatic rings. The Morgan fingerprint density at radius 2 is 1.81 bits per heavy atom. The highest BCUT2D eigenvalue weighted by Gasteiger charge is 2.24. The van der Waals surface area contributed by atoms with Crippen molar-refractivity contribution >= 4 is 0 Å². The van der Waals surface area contributed by atoms with E-state index in [0.717, 1.165) is 37.1 Å². The number of hydrogen-bond acceptors (Lipinski definition) is 1. The van der Waals surface area contributed by atoms with Gasteiger partial charge in [0.2, 0.25) is 0 Å². The Hall–Kier alpha value is -0.990. The number of aromatic nitrogens is 2. The Morgan fingerprint density at radius 3 is 2.25 bits per heavy atom. The van der Waals surface area contributed by atoms with Gasteiger partial charge in [0.1, 0.15) is 0 Å². The molecule has 3 nitrogen and oxygen atoms in total. The second-order valence-corrected chi connectivity index (χ2v) is 5.42. The van der Waals surface area contributed by atoms with E-state index in [2.05, 4.69) is 39.7 Å². The number of aromatic amines is 1. The summed E-state index contributed by atoms with van der Waals surface area (Å²) in [4.78, 5) is 12.2. The number of hydrogen-bond donors (Lipinski definition) is 1. The molecular formula is C13H24N2O. The molecule has 0 fully saturated rings. The van der Waals surface area contributed by atoms with Crippen molar-refractivity contribution in [2.24, 2.45) is 0 Å². The maximum atomic E-state index is 12.2. The highest BCUT2D eigenvalue weighted by molar-refractivity contribution is 5.25. The van der Waals surface area contributed by atoms with Crippen molar-refractivity contribution in [3.63, 3.8) is 0 Å². The average Bonchev–Trinajstić information content (AvgIpc) is 2.43. The second-order valence-electron chi connectivity index (χ2n) is 5.42. The van der Waals surface area contributed by atoms with Crippen molar-refractivity contribution in [1.82, 2.24) is 9.78 Å². The van der Waals surface area contributed by atoms with Gasteiger partial charge in [0, 0.05) is 17.8 Å². The van der Waals surface area contributed by atoms with Crippen molar-refractivity contribution in [2.45, 2.75) is 65.8 Å². The minimum Gasteiger partial charge on any atom is -0.299 e. The number of H-pyrrole nitrogens is 1. The number of rotatable bonds is 4. The van der Waals surface area contributed by atoms with Gasteiger partial charge in [-0.05, 0) is 18.3 Å². The van der Waals surface area contributed by atoms with Crippen LogP contribution in [0.1, 0.15) is 58.7 Å². The van der Waals surface area contributed by atoms with E-state index < -0.39 is 0 Å². The first-order chi connectivity index (χ1) is 7.41. The molecule has 16 heavy (non-hydrogen) atoms. The normalized spacial score (nSPS) is 12.1. The summed E-state index contributed by atoms with van der Waals surface area (Å²) in [5.74, 6) is 0. The molecule has 0 bridgehead atoms.